The predicted octanol–water partition coefficient (Wildman–Crippen LogP) is 3.16. The second kappa shape index (κ2) is 8.13. The molecule has 1 atom stereocenters. The summed E-state index contributed by atoms with van der Waals surface area (Å²) in [5, 5.41) is 13.7. The molecule has 1 aromatic rings. The Morgan fingerprint density at radius 3 is 2.70 bits per heavy atom. The van der Waals surface area contributed by atoms with E-state index in [9.17, 15) is 9.90 Å². The first kappa shape index (κ1) is 17.6. The third kappa shape index (κ3) is 6.35. The Kier molecular flexibility index (Phi) is 7.17. The first-order chi connectivity index (χ1) is 9.34. The summed E-state index contributed by atoms with van der Waals surface area (Å²) in [6.07, 6.45) is 2.86. The van der Waals surface area contributed by atoms with Gasteiger partial charge in [-0.3, -0.25) is 4.79 Å². The fraction of sp³-hybridized carbons (Fsp3) is 0.500. The summed E-state index contributed by atoms with van der Waals surface area (Å²) in [6, 6.07) is 5.34. The van der Waals surface area contributed by atoms with Crippen LogP contribution in [0.1, 0.15) is 18.9 Å². The molecule has 6 heteroatoms. The van der Waals surface area contributed by atoms with E-state index in [0.717, 1.165) is 5.56 Å². The van der Waals surface area contributed by atoms with Gasteiger partial charge < -0.3 is 10.4 Å². The smallest absolute Gasteiger partial charge is 0.220 e. The Bertz CT molecular complexity index is 466. The van der Waals surface area contributed by atoms with Gasteiger partial charge in [-0.2, -0.15) is 11.8 Å². The number of thioether (sulfide) groups is 1. The molecule has 0 aromatic heterocycles. The van der Waals surface area contributed by atoms with Crippen molar-refractivity contribution in [1.29, 1.82) is 0 Å². The van der Waals surface area contributed by atoms with Gasteiger partial charge in [0.2, 0.25) is 5.91 Å². The molecule has 0 heterocycles. The number of rotatable bonds is 7. The number of carbonyl (C=O) groups excluding carboxylic acids is 1. The summed E-state index contributed by atoms with van der Waals surface area (Å²) in [6.45, 7) is 1.97. The lowest BCUT2D eigenvalue weighted by Crippen LogP contribution is -2.42. The molecule has 2 N–H and O–H groups in total. The average Bonchev–Trinajstić information content (AvgIpc) is 2.38. The lowest BCUT2D eigenvalue weighted by atomic mass is 10.1. The largest absolute Gasteiger partial charge is 0.387 e. The van der Waals surface area contributed by atoms with Gasteiger partial charge >= 0.3 is 0 Å². The summed E-state index contributed by atoms with van der Waals surface area (Å²) in [7, 11) is 0. The van der Waals surface area contributed by atoms with E-state index in [4.69, 9.17) is 23.2 Å². The molecule has 1 unspecified atom stereocenters. The normalized spacial score (nSPS) is 13.8. The molecule has 3 nitrogen and oxygen atoms in total. The van der Waals surface area contributed by atoms with Gasteiger partial charge in [-0.15, -0.1) is 0 Å². The molecular formula is C14H19Cl2NO2S. The van der Waals surface area contributed by atoms with Crippen molar-refractivity contribution >= 4 is 40.9 Å². The number of nitrogens with one attached hydrogen (secondary N) is 1. The van der Waals surface area contributed by atoms with Crippen molar-refractivity contribution in [3.8, 4) is 0 Å². The lowest BCUT2D eigenvalue weighted by Gasteiger charge is -2.22. The van der Waals surface area contributed by atoms with E-state index in [1.54, 1.807) is 30.8 Å². The van der Waals surface area contributed by atoms with Crippen LogP contribution in [-0.4, -0.2) is 35.2 Å². The van der Waals surface area contributed by atoms with E-state index in [1.807, 2.05) is 12.3 Å². The van der Waals surface area contributed by atoms with Gasteiger partial charge in [0.25, 0.3) is 0 Å². The third-order valence-electron chi connectivity index (χ3n) is 2.75. The molecular weight excluding hydrogens is 317 g/mol. The van der Waals surface area contributed by atoms with E-state index in [0.29, 0.717) is 28.6 Å². The molecule has 0 spiro atoms. The number of hydrogen-bond donors (Lipinski definition) is 2. The molecule has 1 aromatic carbocycles. The Labute approximate surface area is 134 Å². The van der Waals surface area contributed by atoms with Crippen molar-refractivity contribution in [3.63, 3.8) is 0 Å². The highest BCUT2D eigenvalue weighted by Crippen LogP contribution is 2.23. The van der Waals surface area contributed by atoms with Gasteiger partial charge in [-0.25, -0.2) is 0 Å². The fourth-order valence-electron chi connectivity index (χ4n) is 1.69. The van der Waals surface area contributed by atoms with Crippen molar-refractivity contribution in [2.24, 2.45) is 0 Å². The number of hydrogen-bond acceptors (Lipinski definition) is 3. The van der Waals surface area contributed by atoms with Crippen molar-refractivity contribution in [3.05, 3.63) is 33.8 Å². The van der Waals surface area contributed by atoms with Gasteiger partial charge in [0.1, 0.15) is 0 Å². The topological polar surface area (TPSA) is 49.3 Å². The van der Waals surface area contributed by atoms with Crippen LogP contribution in [0.2, 0.25) is 10.0 Å². The zero-order valence-electron chi connectivity index (χ0n) is 11.6. The maximum atomic E-state index is 11.7. The van der Waals surface area contributed by atoms with Gasteiger partial charge in [-0.05, 0) is 37.3 Å². The molecule has 0 saturated heterocycles. The Hall–Kier alpha value is -0.420. The number of benzene rings is 1. The molecule has 0 saturated carbocycles. The third-order valence-corrected chi connectivity index (χ3v) is 4.40. The van der Waals surface area contributed by atoms with E-state index in [1.165, 1.54) is 0 Å². The zero-order valence-corrected chi connectivity index (χ0v) is 13.9. The minimum Gasteiger partial charge on any atom is -0.387 e. The second-order valence-electron chi connectivity index (χ2n) is 4.96. The van der Waals surface area contributed by atoms with Crippen LogP contribution < -0.4 is 5.32 Å². The van der Waals surface area contributed by atoms with Crippen LogP contribution >= 0.6 is 35.0 Å². The minimum atomic E-state index is -0.876. The van der Waals surface area contributed by atoms with Gasteiger partial charge in [0.05, 0.1) is 15.6 Å². The number of halogens is 2. The van der Waals surface area contributed by atoms with Crippen LogP contribution in [0.5, 0.6) is 0 Å². The quantitative estimate of drug-likeness (QED) is 0.804. The van der Waals surface area contributed by atoms with E-state index in [2.05, 4.69) is 5.32 Å². The molecule has 0 aliphatic rings. The first-order valence-corrected chi connectivity index (χ1v) is 8.41. The molecule has 112 valence electrons. The molecule has 0 radical (unpaired) electrons. The number of aliphatic hydroxyl groups is 1. The molecule has 0 bridgehead atoms. The highest BCUT2D eigenvalue weighted by molar-refractivity contribution is 7.98. The van der Waals surface area contributed by atoms with Crippen LogP contribution in [0.3, 0.4) is 0 Å². The molecule has 0 fully saturated rings. The van der Waals surface area contributed by atoms with Crippen LogP contribution in [0.25, 0.3) is 0 Å². The minimum absolute atomic E-state index is 0.0857. The molecule has 1 amide bonds. The number of carbonyl (C=O) groups is 1. The number of amides is 1. The van der Waals surface area contributed by atoms with Crippen LogP contribution in [-0.2, 0) is 11.2 Å². The van der Waals surface area contributed by atoms with E-state index in [-0.39, 0.29) is 12.5 Å². The van der Waals surface area contributed by atoms with Crippen LogP contribution in [0.4, 0.5) is 0 Å². The summed E-state index contributed by atoms with van der Waals surface area (Å²) in [5.74, 6) is 0.498. The maximum Gasteiger partial charge on any atom is 0.220 e. The van der Waals surface area contributed by atoms with Crippen LogP contribution in [0, 0.1) is 0 Å². The molecule has 0 aliphatic heterocycles. The fourth-order valence-corrected chi connectivity index (χ4v) is 2.74. The van der Waals surface area contributed by atoms with Crippen molar-refractivity contribution in [2.75, 3.05) is 18.6 Å². The maximum absolute atomic E-state index is 11.7. The Morgan fingerprint density at radius 1 is 1.40 bits per heavy atom. The van der Waals surface area contributed by atoms with Crippen molar-refractivity contribution in [1.82, 2.24) is 5.32 Å². The summed E-state index contributed by atoms with van der Waals surface area (Å²) < 4.78 is 0. The van der Waals surface area contributed by atoms with Gasteiger partial charge in [0, 0.05) is 18.7 Å². The van der Waals surface area contributed by atoms with E-state index < -0.39 is 5.60 Å². The highest BCUT2D eigenvalue weighted by atomic mass is 35.5. The van der Waals surface area contributed by atoms with E-state index >= 15 is 0 Å². The summed E-state index contributed by atoms with van der Waals surface area (Å²) in [4.78, 5) is 11.7. The first-order valence-electron chi connectivity index (χ1n) is 6.26. The van der Waals surface area contributed by atoms with Crippen LogP contribution in [0.15, 0.2) is 18.2 Å². The average molecular weight is 336 g/mol. The zero-order chi connectivity index (χ0) is 15.2. The highest BCUT2D eigenvalue weighted by Gasteiger charge is 2.20. The Morgan fingerprint density at radius 2 is 2.10 bits per heavy atom. The molecule has 20 heavy (non-hydrogen) atoms. The van der Waals surface area contributed by atoms with Crippen molar-refractivity contribution < 1.29 is 9.90 Å². The second-order valence-corrected chi connectivity index (χ2v) is 6.64. The number of aryl methyl sites for hydroxylation is 1. The SMILES string of the molecule is CSCC(C)(O)CNC(=O)CCc1ccc(Cl)c(Cl)c1. The summed E-state index contributed by atoms with van der Waals surface area (Å²) >= 11 is 13.3. The Balaban J connectivity index is 2.38. The predicted molar refractivity (Wildman–Crippen MR) is 86.8 cm³/mol. The standard InChI is InChI=1S/C14H19Cl2NO2S/c1-14(19,9-20-2)8-17-13(18)6-4-10-3-5-11(15)12(16)7-10/h3,5,7,19H,4,6,8-9H2,1-2H3,(H,17,18). The monoisotopic (exact) mass is 335 g/mol. The molecule has 1 rings (SSSR count). The lowest BCUT2D eigenvalue weighted by molar-refractivity contribution is -0.122. The van der Waals surface area contributed by atoms with Gasteiger partial charge in [0.15, 0.2) is 0 Å². The van der Waals surface area contributed by atoms with Gasteiger partial charge in [-0.1, -0.05) is 29.3 Å². The molecule has 0 aliphatic carbocycles. The summed E-state index contributed by atoms with van der Waals surface area (Å²) in [5.41, 5.74) is 0.0870. The van der Waals surface area contributed by atoms with Crippen molar-refractivity contribution in [2.45, 2.75) is 25.4 Å².